The summed E-state index contributed by atoms with van der Waals surface area (Å²) < 4.78 is 31.7. The van der Waals surface area contributed by atoms with Gasteiger partial charge in [0.25, 0.3) is 0 Å². The maximum Gasteiger partial charge on any atom is 0.241 e. The Labute approximate surface area is 124 Å². The van der Waals surface area contributed by atoms with Crippen molar-refractivity contribution in [2.24, 2.45) is 0 Å². The van der Waals surface area contributed by atoms with Crippen molar-refractivity contribution in [3.05, 3.63) is 41.5 Å². The number of hydrogen-bond donors (Lipinski definition) is 1. The van der Waals surface area contributed by atoms with E-state index in [0.717, 1.165) is 5.56 Å². The number of nitrogens with one attached hydrogen (secondary N) is 1. The second-order valence-corrected chi connectivity index (χ2v) is 7.60. The van der Waals surface area contributed by atoms with Crippen molar-refractivity contribution in [2.45, 2.75) is 44.6 Å². The molecule has 21 heavy (non-hydrogen) atoms. The Kier molecular flexibility index (Phi) is 4.15. The van der Waals surface area contributed by atoms with Crippen molar-refractivity contribution in [3.8, 4) is 0 Å². The molecule has 6 nitrogen and oxygen atoms in total. The predicted molar refractivity (Wildman–Crippen MR) is 78.2 cm³/mol. The molecule has 2 aromatic rings. The van der Waals surface area contributed by atoms with Crippen molar-refractivity contribution >= 4 is 10.0 Å². The van der Waals surface area contributed by atoms with E-state index in [2.05, 4.69) is 35.6 Å². The summed E-state index contributed by atoms with van der Waals surface area (Å²) in [5.74, 6) is 0.709. The van der Waals surface area contributed by atoms with E-state index >= 15 is 0 Å². The van der Waals surface area contributed by atoms with Crippen LogP contribution in [0.2, 0.25) is 0 Å². The van der Waals surface area contributed by atoms with Crippen LogP contribution >= 0.6 is 0 Å². The first-order valence-corrected chi connectivity index (χ1v) is 8.06. The summed E-state index contributed by atoms with van der Waals surface area (Å²) in [5, 5.41) is 3.61. The summed E-state index contributed by atoms with van der Waals surface area (Å²) in [5.41, 5.74) is 1.06. The fourth-order valence-corrected chi connectivity index (χ4v) is 2.76. The lowest BCUT2D eigenvalue weighted by molar-refractivity contribution is 0.372. The molecule has 2 rings (SSSR count). The molecule has 114 valence electrons. The lowest BCUT2D eigenvalue weighted by atomic mass is 9.87. The third-order valence-electron chi connectivity index (χ3n) is 3.01. The van der Waals surface area contributed by atoms with Gasteiger partial charge in [-0.3, -0.25) is 0 Å². The third kappa shape index (κ3) is 3.89. The van der Waals surface area contributed by atoms with Gasteiger partial charge >= 0.3 is 0 Å². The van der Waals surface area contributed by atoms with Crippen LogP contribution in [-0.2, 0) is 22.0 Å². The largest absolute Gasteiger partial charge is 0.338 e. The van der Waals surface area contributed by atoms with Gasteiger partial charge in [0, 0.05) is 0 Å². The number of nitrogens with zero attached hydrogens (tertiary/aromatic N) is 2. The summed E-state index contributed by atoms with van der Waals surface area (Å²) in [4.78, 5) is 4.16. The summed E-state index contributed by atoms with van der Waals surface area (Å²) in [6.45, 7) is 7.88. The number of aromatic nitrogens is 2. The van der Waals surface area contributed by atoms with E-state index in [1.807, 2.05) is 12.1 Å². The van der Waals surface area contributed by atoms with Gasteiger partial charge in [-0.2, -0.15) is 4.98 Å². The molecule has 0 aliphatic heterocycles. The molecule has 0 radical (unpaired) electrons. The van der Waals surface area contributed by atoms with Crippen molar-refractivity contribution in [2.75, 3.05) is 0 Å². The highest BCUT2D eigenvalue weighted by Gasteiger charge is 2.18. The molecule has 0 aliphatic carbocycles. The van der Waals surface area contributed by atoms with Gasteiger partial charge in [0.15, 0.2) is 5.82 Å². The normalized spacial score (nSPS) is 12.6. The highest BCUT2D eigenvalue weighted by Crippen LogP contribution is 2.23. The number of sulfonamides is 1. The van der Waals surface area contributed by atoms with Gasteiger partial charge in [0.1, 0.15) is 0 Å². The molecule has 0 spiro atoms. The first-order valence-electron chi connectivity index (χ1n) is 6.58. The highest BCUT2D eigenvalue weighted by molar-refractivity contribution is 7.89. The molecule has 1 N–H and O–H groups in total. The zero-order chi connectivity index (χ0) is 15.7. The SMILES string of the molecule is Cc1noc(CNS(=O)(=O)c2ccc(C(C)(C)C)cc2)n1. The standard InChI is InChI=1S/C14H19N3O3S/c1-10-16-13(20-17-10)9-15-21(18,19)12-7-5-11(6-8-12)14(2,3)4/h5-8,15H,9H2,1-4H3. The minimum atomic E-state index is -3.59. The predicted octanol–water partition coefficient (Wildman–Crippen LogP) is 2.15. The van der Waals surface area contributed by atoms with Gasteiger partial charge in [0.2, 0.25) is 15.9 Å². The van der Waals surface area contributed by atoms with Crippen LogP contribution in [0.25, 0.3) is 0 Å². The van der Waals surface area contributed by atoms with Gasteiger partial charge in [-0.05, 0) is 30.0 Å². The molecule has 1 heterocycles. The van der Waals surface area contributed by atoms with Crippen LogP contribution in [0.15, 0.2) is 33.7 Å². The average Bonchev–Trinajstić information content (AvgIpc) is 2.82. The van der Waals surface area contributed by atoms with E-state index in [4.69, 9.17) is 4.52 Å². The fraction of sp³-hybridized carbons (Fsp3) is 0.429. The van der Waals surface area contributed by atoms with E-state index in [1.165, 1.54) is 0 Å². The lowest BCUT2D eigenvalue weighted by Gasteiger charge is -2.19. The van der Waals surface area contributed by atoms with Gasteiger partial charge in [-0.15, -0.1) is 0 Å². The zero-order valence-electron chi connectivity index (χ0n) is 12.5. The smallest absolute Gasteiger partial charge is 0.241 e. The number of aryl methyl sites for hydroxylation is 1. The van der Waals surface area contributed by atoms with Crippen LogP contribution in [0, 0.1) is 6.92 Å². The van der Waals surface area contributed by atoms with Gasteiger partial charge < -0.3 is 4.52 Å². The van der Waals surface area contributed by atoms with Crippen molar-refractivity contribution in [3.63, 3.8) is 0 Å². The van der Waals surface area contributed by atoms with Crippen LogP contribution in [0.1, 0.15) is 38.0 Å². The quantitative estimate of drug-likeness (QED) is 0.935. The van der Waals surface area contributed by atoms with Crippen LogP contribution in [0.4, 0.5) is 0 Å². The molecule has 0 fully saturated rings. The minimum absolute atomic E-state index is 0.0169. The lowest BCUT2D eigenvalue weighted by Crippen LogP contribution is -2.23. The van der Waals surface area contributed by atoms with Crippen LogP contribution in [0.5, 0.6) is 0 Å². The first kappa shape index (κ1) is 15.7. The molecule has 7 heteroatoms. The average molecular weight is 309 g/mol. The summed E-state index contributed by atoms with van der Waals surface area (Å²) in [6.07, 6.45) is 0. The second-order valence-electron chi connectivity index (χ2n) is 5.83. The Balaban J connectivity index is 2.12. The number of rotatable bonds is 4. The number of hydrogen-bond acceptors (Lipinski definition) is 5. The van der Waals surface area contributed by atoms with Gasteiger partial charge in [-0.1, -0.05) is 38.1 Å². The topological polar surface area (TPSA) is 85.1 Å². The molecule has 0 aliphatic rings. The summed E-state index contributed by atoms with van der Waals surface area (Å²) in [7, 11) is -3.59. The molecule has 0 unspecified atom stereocenters. The highest BCUT2D eigenvalue weighted by atomic mass is 32.2. The van der Waals surface area contributed by atoms with Crippen LogP contribution < -0.4 is 4.72 Å². The minimum Gasteiger partial charge on any atom is -0.338 e. The summed E-state index contributed by atoms with van der Waals surface area (Å²) >= 11 is 0. The number of benzene rings is 1. The zero-order valence-corrected chi connectivity index (χ0v) is 13.4. The Morgan fingerprint density at radius 2 is 1.81 bits per heavy atom. The van der Waals surface area contributed by atoms with E-state index in [9.17, 15) is 8.42 Å². The van der Waals surface area contributed by atoms with Crippen molar-refractivity contribution in [1.29, 1.82) is 0 Å². The Bertz CT molecular complexity index is 713. The molecule has 0 amide bonds. The Morgan fingerprint density at radius 3 is 2.29 bits per heavy atom. The molecule has 0 saturated heterocycles. The molecular formula is C14H19N3O3S. The molecule has 0 bridgehead atoms. The van der Waals surface area contributed by atoms with Crippen molar-refractivity contribution < 1.29 is 12.9 Å². The van der Waals surface area contributed by atoms with Gasteiger partial charge in [-0.25, -0.2) is 13.1 Å². The third-order valence-corrected chi connectivity index (χ3v) is 4.43. The van der Waals surface area contributed by atoms with E-state index < -0.39 is 10.0 Å². The van der Waals surface area contributed by atoms with E-state index in [1.54, 1.807) is 19.1 Å². The molecule has 0 saturated carbocycles. The van der Waals surface area contributed by atoms with Crippen molar-refractivity contribution in [1.82, 2.24) is 14.9 Å². The van der Waals surface area contributed by atoms with Crippen LogP contribution in [0.3, 0.4) is 0 Å². The van der Waals surface area contributed by atoms with Gasteiger partial charge in [0.05, 0.1) is 11.4 Å². The first-order chi connectivity index (χ1) is 9.68. The second kappa shape index (κ2) is 5.57. The monoisotopic (exact) mass is 309 g/mol. The summed E-state index contributed by atoms with van der Waals surface area (Å²) in [6, 6.07) is 6.85. The van der Waals surface area contributed by atoms with Crippen LogP contribution in [-0.4, -0.2) is 18.6 Å². The maximum absolute atomic E-state index is 12.2. The fourth-order valence-electron chi connectivity index (χ4n) is 1.79. The molecule has 1 aromatic carbocycles. The molecule has 0 atom stereocenters. The van der Waals surface area contributed by atoms with E-state index in [-0.39, 0.29) is 22.7 Å². The molecule has 1 aromatic heterocycles. The Hall–Kier alpha value is -1.73. The van der Waals surface area contributed by atoms with E-state index in [0.29, 0.717) is 5.82 Å². The maximum atomic E-state index is 12.2. The Morgan fingerprint density at radius 1 is 1.19 bits per heavy atom. The molecular weight excluding hydrogens is 290 g/mol.